The topological polar surface area (TPSA) is 60.2 Å². The zero-order chi connectivity index (χ0) is 11.7. The van der Waals surface area contributed by atoms with Gasteiger partial charge in [-0.2, -0.15) is 5.10 Å². The molecular formula is C12H19N3O2. The summed E-state index contributed by atoms with van der Waals surface area (Å²) in [5.41, 5.74) is 0. The van der Waals surface area contributed by atoms with Crippen molar-refractivity contribution < 1.29 is 9.84 Å². The third kappa shape index (κ3) is 2.09. The van der Waals surface area contributed by atoms with Crippen LogP contribution in [0, 0.1) is 0 Å². The Morgan fingerprint density at radius 1 is 1.29 bits per heavy atom. The smallest absolute Gasteiger partial charge is 0.154 e. The Morgan fingerprint density at radius 3 is 2.88 bits per heavy atom. The molecule has 94 valence electrons. The second-order valence-corrected chi connectivity index (χ2v) is 4.96. The van der Waals surface area contributed by atoms with Crippen LogP contribution >= 0.6 is 0 Å². The summed E-state index contributed by atoms with van der Waals surface area (Å²) in [5.74, 6) is 2.58. The average molecular weight is 237 g/mol. The Hall–Kier alpha value is -0.940. The zero-order valence-electron chi connectivity index (χ0n) is 10.0. The van der Waals surface area contributed by atoms with Gasteiger partial charge in [0.1, 0.15) is 5.82 Å². The van der Waals surface area contributed by atoms with Crippen LogP contribution in [0.2, 0.25) is 0 Å². The van der Waals surface area contributed by atoms with Gasteiger partial charge in [0.15, 0.2) is 5.82 Å². The Morgan fingerprint density at radius 2 is 2.12 bits per heavy atom. The SMILES string of the molecule is OCC1CCCn2nc(C3CCOCC3)nc21. The highest BCUT2D eigenvalue weighted by atomic mass is 16.5. The molecule has 5 heteroatoms. The van der Waals surface area contributed by atoms with Crippen molar-refractivity contribution in [3.05, 3.63) is 11.6 Å². The molecule has 1 unspecified atom stereocenters. The van der Waals surface area contributed by atoms with Gasteiger partial charge in [-0.25, -0.2) is 9.67 Å². The number of rotatable bonds is 2. The van der Waals surface area contributed by atoms with E-state index in [-0.39, 0.29) is 12.5 Å². The molecule has 17 heavy (non-hydrogen) atoms. The second-order valence-electron chi connectivity index (χ2n) is 4.96. The van der Waals surface area contributed by atoms with Crippen molar-refractivity contribution in [2.24, 2.45) is 0 Å². The molecule has 3 rings (SSSR count). The van der Waals surface area contributed by atoms with Gasteiger partial charge >= 0.3 is 0 Å². The van der Waals surface area contributed by atoms with Gasteiger partial charge < -0.3 is 9.84 Å². The molecule has 1 aromatic rings. The molecule has 2 aliphatic heterocycles. The Labute approximate surface area is 101 Å². The van der Waals surface area contributed by atoms with Gasteiger partial charge in [0.25, 0.3) is 0 Å². The van der Waals surface area contributed by atoms with Gasteiger partial charge in [-0.3, -0.25) is 0 Å². The molecule has 1 saturated heterocycles. The second kappa shape index (κ2) is 4.74. The van der Waals surface area contributed by atoms with E-state index in [0.717, 1.165) is 57.1 Å². The summed E-state index contributed by atoms with van der Waals surface area (Å²) in [6.07, 6.45) is 4.16. The zero-order valence-corrected chi connectivity index (χ0v) is 10.0. The third-order valence-electron chi connectivity index (χ3n) is 3.81. The lowest BCUT2D eigenvalue weighted by Crippen LogP contribution is -2.19. The monoisotopic (exact) mass is 237 g/mol. The molecule has 0 bridgehead atoms. The first-order valence-corrected chi connectivity index (χ1v) is 6.51. The van der Waals surface area contributed by atoms with Crippen molar-refractivity contribution in [2.75, 3.05) is 19.8 Å². The molecule has 1 atom stereocenters. The van der Waals surface area contributed by atoms with Gasteiger partial charge in [-0.05, 0) is 25.7 Å². The number of hydrogen-bond acceptors (Lipinski definition) is 4. The first-order valence-electron chi connectivity index (χ1n) is 6.51. The molecule has 0 aliphatic carbocycles. The van der Waals surface area contributed by atoms with E-state index < -0.39 is 0 Å². The maximum Gasteiger partial charge on any atom is 0.154 e. The van der Waals surface area contributed by atoms with Gasteiger partial charge in [-0.15, -0.1) is 0 Å². The number of aryl methyl sites for hydroxylation is 1. The fraction of sp³-hybridized carbons (Fsp3) is 0.833. The highest BCUT2D eigenvalue weighted by Gasteiger charge is 2.27. The fourth-order valence-corrected chi connectivity index (χ4v) is 2.76. The minimum Gasteiger partial charge on any atom is -0.396 e. The van der Waals surface area contributed by atoms with Gasteiger partial charge in [0.2, 0.25) is 0 Å². The molecule has 1 aromatic heterocycles. The van der Waals surface area contributed by atoms with E-state index >= 15 is 0 Å². The Bertz CT molecular complexity index is 385. The number of aromatic nitrogens is 3. The van der Waals surface area contributed by atoms with Crippen LogP contribution < -0.4 is 0 Å². The molecule has 0 spiro atoms. The van der Waals surface area contributed by atoms with Crippen LogP contribution in [0.3, 0.4) is 0 Å². The van der Waals surface area contributed by atoms with Crippen LogP contribution in [0.25, 0.3) is 0 Å². The molecule has 0 amide bonds. The quantitative estimate of drug-likeness (QED) is 0.835. The highest BCUT2D eigenvalue weighted by molar-refractivity contribution is 5.06. The summed E-state index contributed by atoms with van der Waals surface area (Å²) in [7, 11) is 0. The van der Waals surface area contributed by atoms with Crippen LogP contribution in [0.4, 0.5) is 0 Å². The molecular weight excluding hydrogens is 218 g/mol. The van der Waals surface area contributed by atoms with E-state index in [1.165, 1.54) is 0 Å². The summed E-state index contributed by atoms with van der Waals surface area (Å²) in [6.45, 7) is 2.77. The molecule has 2 aliphatic rings. The predicted octanol–water partition coefficient (Wildman–Crippen LogP) is 1.04. The third-order valence-corrected chi connectivity index (χ3v) is 3.81. The molecule has 0 aromatic carbocycles. The van der Waals surface area contributed by atoms with Crippen molar-refractivity contribution in [3.63, 3.8) is 0 Å². The molecule has 3 heterocycles. The predicted molar refractivity (Wildman–Crippen MR) is 61.9 cm³/mol. The molecule has 1 N–H and O–H groups in total. The van der Waals surface area contributed by atoms with Crippen LogP contribution in [-0.2, 0) is 11.3 Å². The number of aliphatic hydroxyl groups is 1. The van der Waals surface area contributed by atoms with Crippen molar-refractivity contribution >= 4 is 0 Å². The minimum absolute atomic E-state index is 0.185. The first-order chi connectivity index (χ1) is 8.38. The lowest BCUT2D eigenvalue weighted by molar-refractivity contribution is 0.0835. The molecule has 5 nitrogen and oxygen atoms in total. The van der Waals surface area contributed by atoms with Crippen molar-refractivity contribution in [3.8, 4) is 0 Å². The van der Waals surface area contributed by atoms with Gasteiger partial charge in [0, 0.05) is 31.6 Å². The van der Waals surface area contributed by atoms with Crippen LogP contribution in [0.5, 0.6) is 0 Å². The van der Waals surface area contributed by atoms with Crippen LogP contribution in [0.1, 0.15) is 49.2 Å². The molecule has 0 radical (unpaired) electrons. The average Bonchev–Trinajstić information content (AvgIpc) is 2.83. The summed E-state index contributed by atoms with van der Waals surface area (Å²) in [6, 6.07) is 0. The number of ether oxygens (including phenoxy) is 1. The Balaban J connectivity index is 1.84. The normalized spacial score (nSPS) is 25.8. The first kappa shape index (κ1) is 11.2. The minimum atomic E-state index is 0.185. The lowest BCUT2D eigenvalue weighted by atomic mass is 9.99. The standard InChI is InChI=1S/C12H19N3O2/c16-8-10-2-1-5-15-12(10)13-11(14-15)9-3-6-17-7-4-9/h9-10,16H,1-8H2. The van der Waals surface area contributed by atoms with Gasteiger partial charge in [-0.1, -0.05) is 0 Å². The van der Waals surface area contributed by atoms with Gasteiger partial charge in [0.05, 0.1) is 6.61 Å². The number of hydrogen-bond donors (Lipinski definition) is 1. The van der Waals surface area contributed by atoms with E-state index in [1.807, 2.05) is 4.68 Å². The van der Waals surface area contributed by atoms with E-state index in [0.29, 0.717) is 5.92 Å². The van der Waals surface area contributed by atoms with E-state index in [9.17, 15) is 5.11 Å². The number of fused-ring (bicyclic) bond motifs is 1. The molecule has 0 saturated carbocycles. The van der Waals surface area contributed by atoms with E-state index in [1.54, 1.807) is 0 Å². The number of aliphatic hydroxyl groups excluding tert-OH is 1. The van der Waals surface area contributed by atoms with Crippen molar-refractivity contribution in [2.45, 2.75) is 44.1 Å². The summed E-state index contributed by atoms with van der Waals surface area (Å²) in [4.78, 5) is 4.66. The Kier molecular flexibility index (Phi) is 3.11. The highest BCUT2D eigenvalue weighted by Crippen LogP contribution is 2.29. The van der Waals surface area contributed by atoms with Crippen molar-refractivity contribution in [1.29, 1.82) is 0 Å². The fourth-order valence-electron chi connectivity index (χ4n) is 2.76. The van der Waals surface area contributed by atoms with E-state index in [4.69, 9.17) is 4.74 Å². The molecule has 1 fully saturated rings. The van der Waals surface area contributed by atoms with Crippen LogP contribution in [-0.4, -0.2) is 39.7 Å². The van der Waals surface area contributed by atoms with E-state index in [2.05, 4.69) is 10.1 Å². The summed E-state index contributed by atoms with van der Waals surface area (Å²) < 4.78 is 7.36. The number of nitrogens with zero attached hydrogens (tertiary/aromatic N) is 3. The maximum absolute atomic E-state index is 9.36. The largest absolute Gasteiger partial charge is 0.396 e. The maximum atomic E-state index is 9.36. The lowest BCUT2D eigenvalue weighted by Gasteiger charge is -2.19. The summed E-state index contributed by atoms with van der Waals surface area (Å²) >= 11 is 0. The van der Waals surface area contributed by atoms with Crippen molar-refractivity contribution in [1.82, 2.24) is 14.8 Å². The summed E-state index contributed by atoms with van der Waals surface area (Å²) in [5, 5.41) is 14.0. The van der Waals surface area contributed by atoms with Crippen LogP contribution in [0.15, 0.2) is 0 Å².